The molecule has 29 heavy (non-hydrogen) atoms. The van der Waals surface area contributed by atoms with Crippen LogP contribution in [0, 0.1) is 5.82 Å². The Hall–Kier alpha value is -2.97. The van der Waals surface area contributed by atoms with Gasteiger partial charge in [0.1, 0.15) is 23.7 Å². The minimum absolute atomic E-state index is 0.0541. The first-order valence-corrected chi connectivity index (χ1v) is 8.78. The van der Waals surface area contributed by atoms with Gasteiger partial charge in [-0.05, 0) is 18.2 Å². The number of carbonyl (C=O) groups is 1. The number of rotatable bonds is 9. The summed E-state index contributed by atoms with van der Waals surface area (Å²) in [5.41, 5.74) is 1.94. The molecule has 9 heteroatoms. The topological polar surface area (TPSA) is 79.2 Å². The van der Waals surface area contributed by atoms with Crippen molar-refractivity contribution >= 4 is 28.9 Å². The fourth-order valence-corrected chi connectivity index (χ4v) is 2.64. The summed E-state index contributed by atoms with van der Waals surface area (Å²) in [6, 6.07) is 7.77. The molecule has 0 atom stereocenters. The van der Waals surface area contributed by atoms with Crippen LogP contribution in [-0.2, 0) is 30.4 Å². The minimum atomic E-state index is -0.588. The van der Waals surface area contributed by atoms with Crippen molar-refractivity contribution in [3.63, 3.8) is 0 Å². The zero-order valence-corrected chi connectivity index (χ0v) is 16.9. The van der Waals surface area contributed by atoms with E-state index < -0.39 is 11.8 Å². The van der Waals surface area contributed by atoms with E-state index in [9.17, 15) is 9.18 Å². The smallest absolute Gasteiger partial charge is 0.341 e. The number of methoxy groups -OCH3 is 3. The Balaban J connectivity index is 2.31. The highest BCUT2D eigenvalue weighted by atomic mass is 35.5. The number of pyridine rings is 1. The zero-order valence-electron chi connectivity index (χ0n) is 16.1. The maximum atomic E-state index is 13.1. The molecular formula is C20H20ClFN2O5. The van der Waals surface area contributed by atoms with E-state index in [1.54, 1.807) is 18.2 Å². The Bertz CT molecular complexity index is 900. The van der Waals surface area contributed by atoms with Crippen LogP contribution < -0.4 is 0 Å². The predicted octanol–water partition coefficient (Wildman–Crippen LogP) is 3.60. The lowest BCUT2D eigenvalue weighted by atomic mass is 10.0. The monoisotopic (exact) mass is 422 g/mol. The van der Waals surface area contributed by atoms with Gasteiger partial charge >= 0.3 is 5.97 Å². The fourth-order valence-electron chi connectivity index (χ4n) is 2.41. The summed E-state index contributed by atoms with van der Waals surface area (Å²) in [5, 5.41) is 4.41. The Morgan fingerprint density at radius 2 is 2.03 bits per heavy atom. The molecule has 0 N–H and O–H groups in total. The van der Waals surface area contributed by atoms with Crippen LogP contribution in [-0.4, -0.2) is 44.6 Å². The highest BCUT2D eigenvalue weighted by molar-refractivity contribution is 6.32. The number of oxime groups is 1. The molecule has 0 spiro atoms. The highest BCUT2D eigenvalue weighted by Gasteiger charge is 2.19. The van der Waals surface area contributed by atoms with Crippen LogP contribution in [0.5, 0.6) is 0 Å². The van der Waals surface area contributed by atoms with E-state index in [2.05, 4.69) is 10.1 Å². The van der Waals surface area contributed by atoms with Gasteiger partial charge in [0, 0.05) is 23.3 Å². The van der Waals surface area contributed by atoms with Crippen molar-refractivity contribution in [1.29, 1.82) is 0 Å². The lowest BCUT2D eigenvalue weighted by molar-refractivity contribution is -0.133. The lowest BCUT2D eigenvalue weighted by Gasteiger charge is -2.13. The summed E-state index contributed by atoms with van der Waals surface area (Å²) >= 11 is 6.31. The first-order chi connectivity index (χ1) is 14.0. The molecule has 0 saturated carbocycles. The molecule has 2 rings (SSSR count). The molecule has 1 aromatic carbocycles. The van der Waals surface area contributed by atoms with Crippen molar-refractivity contribution < 1.29 is 28.2 Å². The van der Waals surface area contributed by atoms with Gasteiger partial charge in [-0.3, -0.25) is 4.98 Å². The van der Waals surface area contributed by atoms with Gasteiger partial charge in [-0.25, -0.2) is 9.18 Å². The number of hydrogen-bond acceptors (Lipinski definition) is 7. The number of esters is 1. The third kappa shape index (κ3) is 6.00. The number of hydrogen-bond donors (Lipinski definition) is 0. The number of halogens is 2. The molecule has 0 fully saturated rings. The van der Waals surface area contributed by atoms with Gasteiger partial charge in [-0.1, -0.05) is 28.9 Å². The van der Waals surface area contributed by atoms with Crippen LogP contribution in [0.15, 0.2) is 47.9 Å². The Kier molecular flexibility index (Phi) is 8.57. The van der Waals surface area contributed by atoms with E-state index >= 15 is 0 Å². The minimum Gasteiger partial charge on any atom is -0.503 e. The molecule has 1 aromatic heterocycles. The second-order valence-corrected chi connectivity index (χ2v) is 6.04. The average Bonchev–Trinajstić information content (AvgIpc) is 2.72. The average molecular weight is 423 g/mol. The third-order valence-electron chi connectivity index (χ3n) is 3.74. The van der Waals surface area contributed by atoms with E-state index in [1.807, 2.05) is 0 Å². The van der Waals surface area contributed by atoms with Gasteiger partial charge < -0.3 is 19.0 Å². The van der Waals surface area contributed by atoms with Crippen molar-refractivity contribution in [1.82, 2.24) is 4.98 Å². The van der Waals surface area contributed by atoms with E-state index in [0.29, 0.717) is 27.6 Å². The van der Waals surface area contributed by atoms with E-state index in [0.717, 1.165) is 6.20 Å². The number of benzene rings is 1. The van der Waals surface area contributed by atoms with Gasteiger partial charge in [-0.2, -0.15) is 0 Å². The Morgan fingerprint density at radius 1 is 1.24 bits per heavy atom. The summed E-state index contributed by atoms with van der Waals surface area (Å²) in [7, 11) is 4.17. The van der Waals surface area contributed by atoms with Crippen LogP contribution >= 0.6 is 11.6 Å². The van der Waals surface area contributed by atoms with Gasteiger partial charge in [0.2, 0.25) is 0 Å². The second-order valence-electron chi connectivity index (χ2n) is 5.63. The molecule has 0 radical (unpaired) electrons. The number of ether oxygens (including phenoxy) is 3. The number of carbonyl (C=O) groups excluding carboxylic acids is 1. The SMILES string of the molecule is CO/C=C(/C(=O)OC)c1cccc(Cl)c1CO/N=C(/COC)c1ccc(F)cn1. The third-order valence-corrected chi connectivity index (χ3v) is 4.09. The largest absolute Gasteiger partial charge is 0.503 e. The van der Waals surface area contributed by atoms with Gasteiger partial charge in [0.15, 0.2) is 0 Å². The summed E-state index contributed by atoms with van der Waals surface area (Å²) in [6.07, 6.45) is 2.34. The quantitative estimate of drug-likeness (QED) is 0.202. The standard InChI is InChI=1S/C20H20ClFN2O5/c1-26-10-16(20(25)28-3)14-5-4-6-17(21)15(14)11-29-24-19(12-27-2)18-8-7-13(22)9-23-18/h4-10H,11-12H2,1-3H3/b16-10+,24-19-. The fraction of sp³-hybridized carbons (Fsp3) is 0.250. The molecule has 0 aliphatic rings. The molecule has 0 bridgehead atoms. The highest BCUT2D eigenvalue weighted by Crippen LogP contribution is 2.28. The molecule has 154 valence electrons. The predicted molar refractivity (Wildman–Crippen MR) is 106 cm³/mol. The van der Waals surface area contributed by atoms with Crippen LogP contribution in [0.2, 0.25) is 5.02 Å². The first-order valence-electron chi connectivity index (χ1n) is 8.40. The van der Waals surface area contributed by atoms with Gasteiger partial charge in [-0.15, -0.1) is 0 Å². The molecule has 0 amide bonds. The summed E-state index contributed by atoms with van der Waals surface area (Å²) < 4.78 is 28.0. The van der Waals surface area contributed by atoms with E-state index in [-0.39, 0.29) is 18.8 Å². The Labute approximate surface area is 172 Å². The Morgan fingerprint density at radius 3 is 2.66 bits per heavy atom. The van der Waals surface area contributed by atoms with Crippen LogP contribution in [0.4, 0.5) is 4.39 Å². The van der Waals surface area contributed by atoms with Crippen LogP contribution in [0.3, 0.4) is 0 Å². The second kappa shape index (κ2) is 11.1. The molecule has 0 saturated heterocycles. The molecule has 7 nitrogen and oxygen atoms in total. The summed E-state index contributed by atoms with van der Waals surface area (Å²) in [6.45, 7) is 0.0481. The van der Waals surface area contributed by atoms with Gasteiger partial charge in [0.05, 0.1) is 39.0 Å². The van der Waals surface area contributed by atoms with Crippen molar-refractivity contribution in [2.24, 2.45) is 5.16 Å². The van der Waals surface area contributed by atoms with E-state index in [4.69, 9.17) is 30.6 Å². The zero-order chi connectivity index (χ0) is 21.2. The molecular weight excluding hydrogens is 403 g/mol. The number of aromatic nitrogens is 1. The van der Waals surface area contributed by atoms with E-state index in [1.165, 1.54) is 39.7 Å². The number of nitrogens with zero attached hydrogens (tertiary/aromatic N) is 2. The van der Waals surface area contributed by atoms with Crippen molar-refractivity contribution in [3.05, 3.63) is 70.5 Å². The maximum Gasteiger partial charge on any atom is 0.341 e. The van der Waals surface area contributed by atoms with Crippen LogP contribution in [0.25, 0.3) is 5.57 Å². The molecule has 2 aromatic rings. The normalized spacial score (nSPS) is 11.9. The molecule has 0 aliphatic carbocycles. The van der Waals surface area contributed by atoms with Crippen molar-refractivity contribution in [2.75, 3.05) is 27.9 Å². The molecule has 0 aliphatic heterocycles. The molecule has 1 heterocycles. The van der Waals surface area contributed by atoms with Crippen molar-refractivity contribution in [3.8, 4) is 0 Å². The lowest BCUT2D eigenvalue weighted by Crippen LogP contribution is -2.12. The van der Waals surface area contributed by atoms with Crippen molar-refractivity contribution in [2.45, 2.75) is 6.61 Å². The van der Waals surface area contributed by atoms with Gasteiger partial charge in [0.25, 0.3) is 0 Å². The molecule has 0 unspecified atom stereocenters. The van der Waals surface area contributed by atoms with Crippen LogP contribution in [0.1, 0.15) is 16.8 Å². The summed E-state index contributed by atoms with van der Waals surface area (Å²) in [4.78, 5) is 21.5. The summed E-state index contributed by atoms with van der Waals surface area (Å²) in [5.74, 6) is -1.05. The first kappa shape index (κ1) is 22.3. The maximum absolute atomic E-state index is 13.1.